The van der Waals surface area contributed by atoms with Crippen molar-refractivity contribution in [2.45, 2.75) is 12.2 Å². The Bertz CT molecular complexity index is 118. The molecule has 1 fully saturated rings. The van der Waals surface area contributed by atoms with Crippen molar-refractivity contribution in [2.24, 2.45) is 5.92 Å². The van der Waals surface area contributed by atoms with Gasteiger partial charge >= 0.3 is 58.4 Å². The van der Waals surface area contributed by atoms with Gasteiger partial charge in [-0.05, 0) is 5.92 Å². The number of halogens is 3. The zero-order chi connectivity index (χ0) is 7.07. The van der Waals surface area contributed by atoms with E-state index in [1.165, 1.54) is 0 Å². The first-order valence-electron chi connectivity index (χ1n) is 2.86. The molecule has 0 aliphatic heterocycles. The van der Waals surface area contributed by atoms with Gasteiger partial charge in [0, 0.05) is 6.61 Å². The molecule has 6 heteroatoms. The van der Waals surface area contributed by atoms with Gasteiger partial charge in [-0.1, -0.05) is 12.2 Å². The van der Waals surface area contributed by atoms with E-state index < -0.39 is 18.7 Å². The largest absolute Gasteiger partial charge is 1.00 e. The molecule has 1 aliphatic carbocycles. The third-order valence-electron chi connectivity index (χ3n) is 1.70. The molecule has 10 heavy (non-hydrogen) atoms. The van der Waals surface area contributed by atoms with Crippen molar-refractivity contribution in [3.8, 4) is 0 Å². The van der Waals surface area contributed by atoms with Crippen molar-refractivity contribution in [1.82, 2.24) is 0 Å². The maximum atomic E-state index is 11.6. The van der Waals surface area contributed by atoms with Gasteiger partial charge in [0.2, 0.25) is 0 Å². The molecule has 0 aromatic rings. The van der Waals surface area contributed by atoms with Crippen molar-refractivity contribution in [2.75, 3.05) is 6.61 Å². The van der Waals surface area contributed by atoms with E-state index in [1.807, 2.05) is 0 Å². The summed E-state index contributed by atoms with van der Waals surface area (Å²) >= 11 is 0. The van der Waals surface area contributed by atoms with E-state index in [2.05, 4.69) is 0 Å². The maximum Gasteiger partial charge on any atom is 1.00 e. The monoisotopic (exact) mass is 178 g/mol. The molecule has 0 unspecified atom stereocenters. The van der Waals surface area contributed by atoms with Gasteiger partial charge in [-0.15, -0.1) is 0 Å². The molecular weight excluding hydrogens is 171 g/mol. The molecular formula is C4H7BF3KO. The van der Waals surface area contributed by atoms with E-state index in [4.69, 9.17) is 5.11 Å². The number of hydrogen-bond donors (Lipinski definition) is 1. The van der Waals surface area contributed by atoms with Crippen molar-refractivity contribution in [3.63, 3.8) is 0 Å². The molecule has 0 radical (unpaired) electrons. The Hall–Kier alpha value is 1.45. The first-order valence-corrected chi connectivity index (χ1v) is 2.86. The van der Waals surface area contributed by atoms with Gasteiger partial charge in [0.15, 0.2) is 0 Å². The zero-order valence-electron chi connectivity index (χ0n) is 5.73. The molecule has 0 bridgehead atoms. The van der Waals surface area contributed by atoms with Crippen LogP contribution in [0.25, 0.3) is 0 Å². The van der Waals surface area contributed by atoms with Crippen LogP contribution in [0.3, 0.4) is 0 Å². The fourth-order valence-electron chi connectivity index (χ4n) is 0.944. The molecule has 1 nitrogen and oxygen atoms in total. The minimum absolute atomic E-state index is 0. The summed E-state index contributed by atoms with van der Waals surface area (Å²) in [5.74, 6) is -1.64. The standard InChI is InChI=1S/C4H7BF3O.K/c6-5(7,8)4-1-3(4)2-9;/h3-4,9H,1-2H2;/q-1;+1/t3-,4+;/m0./s1. The molecule has 1 saturated carbocycles. The molecule has 0 aromatic heterocycles. The minimum Gasteiger partial charge on any atom is -0.449 e. The summed E-state index contributed by atoms with van der Waals surface area (Å²) in [6, 6.07) is 0. The van der Waals surface area contributed by atoms with Crippen molar-refractivity contribution >= 4 is 6.98 Å². The van der Waals surface area contributed by atoms with Crippen LogP contribution in [0.15, 0.2) is 0 Å². The van der Waals surface area contributed by atoms with Gasteiger partial charge in [-0.2, -0.15) is 0 Å². The van der Waals surface area contributed by atoms with Crippen molar-refractivity contribution in [3.05, 3.63) is 0 Å². The Kier molecular flexibility index (Phi) is 4.48. The van der Waals surface area contributed by atoms with E-state index in [9.17, 15) is 12.9 Å². The van der Waals surface area contributed by atoms with Gasteiger partial charge in [0.1, 0.15) is 0 Å². The average Bonchev–Trinajstić information content (AvgIpc) is 2.39. The summed E-state index contributed by atoms with van der Waals surface area (Å²) < 4.78 is 34.9. The predicted molar refractivity (Wildman–Crippen MR) is 28.0 cm³/mol. The number of rotatable bonds is 2. The molecule has 1 N–H and O–H groups in total. The Morgan fingerprint density at radius 2 is 1.90 bits per heavy atom. The smallest absolute Gasteiger partial charge is 0.449 e. The Morgan fingerprint density at radius 1 is 1.40 bits per heavy atom. The summed E-state index contributed by atoms with van der Waals surface area (Å²) in [4.78, 5) is 0. The van der Waals surface area contributed by atoms with E-state index in [-0.39, 0.29) is 64.4 Å². The predicted octanol–water partition coefficient (Wildman–Crippen LogP) is -1.78. The van der Waals surface area contributed by atoms with Crippen LogP contribution in [-0.4, -0.2) is 18.7 Å². The summed E-state index contributed by atoms with van der Waals surface area (Å²) in [7, 11) is 0. The SMILES string of the molecule is OC[C@@H]1C[C@H]1[B-](F)(F)F.[K+]. The van der Waals surface area contributed by atoms with E-state index in [0.717, 1.165) is 0 Å². The molecule has 0 spiro atoms. The third-order valence-corrected chi connectivity index (χ3v) is 1.70. The van der Waals surface area contributed by atoms with Gasteiger partial charge in [0.05, 0.1) is 0 Å². The first-order chi connectivity index (χ1) is 4.05. The number of aliphatic hydroxyl groups is 1. The van der Waals surface area contributed by atoms with Gasteiger partial charge < -0.3 is 18.1 Å². The number of aliphatic hydroxyl groups excluding tert-OH is 1. The second-order valence-electron chi connectivity index (χ2n) is 2.47. The maximum absolute atomic E-state index is 11.6. The summed E-state index contributed by atoms with van der Waals surface area (Å²) in [5, 5.41) is 8.25. The van der Waals surface area contributed by atoms with E-state index in [0.29, 0.717) is 0 Å². The summed E-state index contributed by atoms with van der Waals surface area (Å²) in [5.41, 5.74) is 0. The zero-order valence-corrected chi connectivity index (χ0v) is 8.85. The van der Waals surface area contributed by atoms with Gasteiger partial charge in [0.25, 0.3) is 0 Å². The molecule has 0 saturated heterocycles. The van der Waals surface area contributed by atoms with Gasteiger partial charge in [-0.25, -0.2) is 0 Å². The van der Waals surface area contributed by atoms with E-state index in [1.54, 1.807) is 0 Å². The van der Waals surface area contributed by atoms with Crippen LogP contribution in [0.1, 0.15) is 6.42 Å². The third kappa shape index (κ3) is 2.83. The molecule has 1 aliphatic rings. The molecule has 0 aromatic carbocycles. The second kappa shape index (κ2) is 3.91. The van der Waals surface area contributed by atoms with Crippen LogP contribution >= 0.6 is 0 Å². The summed E-state index contributed by atoms with van der Waals surface area (Å²) in [6.45, 7) is -4.97. The fraction of sp³-hybridized carbons (Fsp3) is 1.00. The van der Waals surface area contributed by atoms with Crippen LogP contribution in [0.5, 0.6) is 0 Å². The average molecular weight is 178 g/mol. The van der Waals surface area contributed by atoms with Crippen molar-refractivity contribution in [1.29, 1.82) is 0 Å². The molecule has 1 rings (SSSR count). The second-order valence-corrected chi connectivity index (χ2v) is 2.47. The van der Waals surface area contributed by atoms with Crippen LogP contribution in [0.4, 0.5) is 12.9 Å². The number of hydrogen-bond acceptors (Lipinski definition) is 1. The molecule has 2 atom stereocenters. The summed E-state index contributed by atoms with van der Waals surface area (Å²) in [6.07, 6.45) is 0.139. The normalized spacial score (nSPS) is 31.2. The quantitative estimate of drug-likeness (QED) is 0.495. The first kappa shape index (κ1) is 11.5. The van der Waals surface area contributed by atoms with Crippen LogP contribution < -0.4 is 51.4 Å². The topological polar surface area (TPSA) is 20.2 Å². The van der Waals surface area contributed by atoms with Gasteiger partial charge in [-0.3, -0.25) is 0 Å². The minimum atomic E-state index is -4.66. The molecule has 54 valence electrons. The van der Waals surface area contributed by atoms with Crippen LogP contribution in [0.2, 0.25) is 5.82 Å². The Balaban J connectivity index is 0.000000810. The Labute approximate surface area is 99.8 Å². The van der Waals surface area contributed by atoms with Crippen LogP contribution in [0, 0.1) is 5.92 Å². The van der Waals surface area contributed by atoms with Crippen molar-refractivity contribution < 1.29 is 69.4 Å². The molecule has 0 amide bonds. The fourth-order valence-corrected chi connectivity index (χ4v) is 0.944. The van der Waals surface area contributed by atoms with Crippen LogP contribution in [-0.2, 0) is 0 Å². The Morgan fingerprint density at radius 3 is 2.00 bits per heavy atom. The van der Waals surface area contributed by atoms with E-state index >= 15 is 0 Å². The molecule has 0 heterocycles.